The van der Waals surface area contributed by atoms with Gasteiger partial charge in [-0.25, -0.2) is 4.79 Å². The van der Waals surface area contributed by atoms with E-state index in [0.717, 1.165) is 38.2 Å². The number of ether oxygens (including phenoxy) is 3. The number of carbonyl (C=O) groups is 2. The van der Waals surface area contributed by atoms with Crippen LogP contribution in [-0.4, -0.2) is 73.8 Å². The number of hydrogen-bond donors (Lipinski definition) is 1. The zero-order valence-electron chi connectivity index (χ0n) is 20.3. The van der Waals surface area contributed by atoms with Gasteiger partial charge in [0.05, 0.1) is 16.7 Å². The number of rotatable bonds is 11. The first-order valence-corrected chi connectivity index (χ1v) is 12.8. The van der Waals surface area contributed by atoms with Gasteiger partial charge in [0.15, 0.2) is 0 Å². The lowest BCUT2D eigenvalue weighted by Gasteiger charge is -2.40. The summed E-state index contributed by atoms with van der Waals surface area (Å²) in [6.07, 6.45) is 2.39. The lowest BCUT2D eigenvalue weighted by atomic mass is 9.91. The molecule has 0 spiro atoms. The summed E-state index contributed by atoms with van der Waals surface area (Å²) in [5.74, 6) is 1.22. The van der Waals surface area contributed by atoms with Crippen LogP contribution in [0.2, 0.25) is 10.0 Å². The zero-order chi connectivity index (χ0) is 25.5. The van der Waals surface area contributed by atoms with Crippen molar-refractivity contribution in [2.45, 2.75) is 31.4 Å². The second kappa shape index (κ2) is 12.1. The second-order valence-corrected chi connectivity index (χ2v) is 9.96. The Morgan fingerprint density at radius 3 is 2.33 bits per heavy atom. The summed E-state index contributed by atoms with van der Waals surface area (Å²) in [7, 11) is 1.74. The molecule has 10 heteroatoms. The molecular formula is C26H31Cl2N3O5. The van der Waals surface area contributed by atoms with Gasteiger partial charge in [-0.1, -0.05) is 35.3 Å². The fraction of sp³-hybridized carbons (Fsp3) is 0.462. The van der Waals surface area contributed by atoms with Crippen LogP contribution >= 0.6 is 23.2 Å². The summed E-state index contributed by atoms with van der Waals surface area (Å²) in [4.78, 5) is 26.7. The first-order valence-electron chi connectivity index (χ1n) is 12.0. The van der Waals surface area contributed by atoms with Gasteiger partial charge < -0.3 is 19.1 Å². The van der Waals surface area contributed by atoms with E-state index in [4.69, 9.17) is 37.4 Å². The average molecular weight is 536 g/mol. The van der Waals surface area contributed by atoms with E-state index >= 15 is 0 Å². The molecule has 0 radical (unpaired) electrons. The maximum atomic E-state index is 11.5. The lowest BCUT2D eigenvalue weighted by Crippen LogP contribution is -2.48. The van der Waals surface area contributed by atoms with Crippen molar-refractivity contribution in [1.82, 2.24) is 15.1 Å². The molecule has 2 aliphatic heterocycles. The van der Waals surface area contributed by atoms with Crippen LogP contribution in [0.15, 0.2) is 42.5 Å². The third kappa shape index (κ3) is 7.03. The number of urea groups is 1. The molecule has 36 heavy (non-hydrogen) atoms. The highest BCUT2D eigenvalue weighted by Crippen LogP contribution is 2.30. The molecule has 194 valence electrons. The average Bonchev–Trinajstić information content (AvgIpc) is 3.21. The topological polar surface area (TPSA) is 80.3 Å². The summed E-state index contributed by atoms with van der Waals surface area (Å²) < 4.78 is 17.7. The van der Waals surface area contributed by atoms with Gasteiger partial charge in [0.25, 0.3) is 0 Å². The Balaban J connectivity index is 1.18. The van der Waals surface area contributed by atoms with Crippen molar-refractivity contribution in [1.29, 1.82) is 0 Å². The lowest BCUT2D eigenvalue weighted by molar-refractivity contribution is -0.118. The maximum Gasteiger partial charge on any atom is 0.324 e. The smallest absolute Gasteiger partial charge is 0.324 e. The molecule has 2 aromatic carbocycles. The monoisotopic (exact) mass is 535 g/mol. The fourth-order valence-electron chi connectivity index (χ4n) is 4.37. The summed E-state index contributed by atoms with van der Waals surface area (Å²) in [6, 6.07) is 13.0. The van der Waals surface area contributed by atoms with Gasteiger partial charge in [-0.05, 0) is 49.1 Å². The summed E-state index contributed by atoms with van der Waals surface area (Å²) in [5.41, 5.74) is 0.884. The number of halogens is 2. The van der Waals surface area contributed by atoms with Crippen LogP contribution in [-0.2, 0) is 16.1 Å². The van der Waals surface area contributed by atoms with Crippen molar-refractivity contribution in [2.75, 3.05) is 46.5 Å². The summed E-state index contributed by atoms with van der Waals surface area (Å²) in [6.45, 7) is 4.22. The Kier molecular flexibility index (Phi) is 8.95. The number of nitrogens with one attached hydrogen (secondary N) is 1. The molecule has 0 aromatic heterocycles. The van der Waals surface area contributed by atoms with Gasteiger partial charge in [-0.3, -0.25) is 15.0 Å². The van der Waals surface area contributed by atoms with Crippen LogP contribution in [0.4, 0.5) is 4.79 Å². The van der Waals surface area contributed by atoms with Gasteiger partial charge in [-0.15, -0.1) is 0 Å². The minimum absolute atomic E-state index is 0.125. The largest absolute Gasteiger partial charge is 0.494 e. The normalized spacial score (nSPS) is 17.8. The molecule has 2 fully saturated rings. The van der Waals surface area contributed by atoms with Crippen molar-refractivity contribution < 1.29 is 23.8 Å². The van der Waals surface area contributed by atoms with Crippen molar-refractivity contribution in [3.05, 3.63) is 58.1 Å². The van der Waals surface area contributed by atoms with Crippen molar-refractivity contribution in [2.24, 2.45) is 0 Å². The minimum Gasteiger partial charge on any atom is -0.494 e. The number of nitrogens with zero attached hydrogens (tertiary/aromatic N) is 2. The Morgan fingerprint density at radius 2 is 1.69 bits per heavy atom. The maximum absolute atomic E-state index is 11.5. The number of carbonyl (C=O) groups excluding carboxylic acids is 2. The Morgan fingerprint density at radius 1 is 0.972 bits per heavy atom. The molecule has 0 atom stereocenters. The number of imide groups is 1. The highest BCUT2D eigenvalue weighted by Gasteiger charge is 2.35. The van der Waals surface area contributed by atoms with Gasteiger partial charge in [0.2, 0.25) is 5.91 Å². The van der Waals surface area contributed by atoms with Crippen LogP contribution in [0.3, 0.4) is 0 Å². The van der Waals surface area contributed by atoms with E-state index in [1.807, 2.05) is 18.2 Å². The highest BCUT2D eigenvalue weighted by atomic mass is 35.5. The number of amides is 3. The first kappa shape index (κ1) is 26.5. The molecular weight excluding hydrogens is 505 g/mol. The molecule has 0 bridgehead atoms. The van der Waals surface area contributed by atoms with Gasteiger partial charge in [-0.2, -0.15) is 0 Å². The van der Waals surface area contributed by atoms with Crippen LogP contribution < -0.4 is 14.8 Å². The number of hydrogen-bond acceptors (Lipinski definition) is 6. The quantitative estimate of drug-likeness (QED) is 0.340. The Hall–Kier alpha value is -2.52. The van der Waals surface area contributed by atoms with Gasteiger partial charge in [0.1, 0.15) is 30.3 Å². The Bertz CT molecular complexity index is 1060. The number of piperidine rings is 1. The van der Waals surface area contributed by atoms with E-state index in [1.54, 1.807) is 19.2 Å². The second-order valence-electron chi connectivity index (χ2n) is 9.15. The van der Waals surface area contributed by atoms with Gasteiger partial charge in [0, 0.05) is 39.4 Å². The molecule has 2 aliphatic rings. The summed E-state index contributed by atoms with van der Waals surface area (Å²) in [5, 5.41) is 3.25. The highest BCUT2D eigenvalue weighted by molar-refractivity contribution is 6.42. The van der Waals surface area contributed by atoms with Crippen molar-refractivity contribution in [3.63, 3.8) is 0 Å². The fourth-order valence-corrected chi connectivity index (χ4v) is 4.65. The third-order valence-electron chi connectivity index (χ3n) is 6.63. The molecule has 1 N–H and O–H groups in total. The van der Waals surface area contributed by atoms with Crippen LogP contribution in [0.25, 0.3) is 0 Å². The number of benzene rings is 2. The van der Waals surface area contributed by atoms with Crippen molar-refractivity contribution in [3.8, 4) is 11.5 Å². The molecule has 8 nitrogen and oxygen atoms in total. The van der Waals surface area contributed by atoms with E-state index in [2.05, 4.69) is 22.3 Å². The van der Waals surface area contributed by atoms with Crippen LogP contribution in [0.5, 0.6) is 11.5 Å². The number of methoxy groups -OCH3 is 1. The molecule has 0 aliphatic carbocycles. The van der Waals surface area contributed by atoms with E-state index in [9.17, 15) is 9.59 Å². The molecule has 2 saturated heterocycles. The zero-order valence-corrected chi connectivity index (χ0v) is 21.8. The predicted molar refractivity (Wildman–Crippen MR) is 138 cm³/mol. The Labute approximate surface area is 221 Å². The standard InChI is InChI=1S/C26H31Cl2N3O5/c1-34-26(18-36-21-7-8-22(27)23(28)15-21)9-12-30(13-10-26)16-19-3-5-20(6-4-19)35-14-2-11-31-17-24(32)29-25(31)33/h3-8,15H,2,9-14,16-18H2,1H3,(H,29,32,33). The first-order chi connectivity index (χ1) is 17.4. The molecule has 0 unspecified atom stereocenters. The predicted octanol–water partition coefficient (Wildman–Crippen LogP) is 4.37. The summed E-state index contributed by atoms with van der Waals surface area (Å²) >= 11 is 12.1. The molecule has 4 rings (SSSR count). The van der Waals surface area contributed by atoms with Crippen LogP contribution in [0.1, 0.15) is 24.8 Å². The van der Waals surface area contributed by atoms with Crippen molar-refractivity contribution >= 4 is 35.1 Å². The SMILES string of the molecule is COC1(COc2ccc(Cl)c(Cl)c2)CCN(Cc2ccc(OCCCN3CC(=O)NC3=O)cc2)CC1. The minimum atomic E-state index is -0.330. The molecule has 2 heterocycles. The molecule has 3 amide bonds. The molecule has 0 saturated carbocycles. The van der Waals surface area contributed by atoms with E-state index in [1.165, 1.54) is 10.5 Å². The van der Waals surface area contributed by atoms with E-state index in [-0.39, 0.29) is 24.1 Å². The molecule has 2 aromatic rings. The van der Waals surface area contributed by atoms with Crippen LogP contribution in [0, 0.1) is 0 Å². The van der Waals surface area contributed by atoms with E-state index in [0.29, 0.717) is 42.0 Å². The number of likely N-dealkylation sites (tertiary alicyclic amines) is 1. The van der Waals surface area contributed by atoms with Gasteiger partial charge >= 0.3 is 6.03 Å². The van der Waals surface area contributed by atoms with E-state index < -0.39 is 0 Å². The third-order valence-corrected chi connectivity index (χ3v) is 7.37.